The van der Waals surface area contributed by atoms with Gasteiger partial charge in [-0.25, -0.2) is 9.37 Å². The molecule has 5 nitrogen and oxygen atoms in total. The minimum atomic E-state index is -0.242. The number of hydrogen-bond donors (Lipinski definition) is 1. The second kappa shape index (κ2) is 5.98. The van der Waals surface area contributed by atoms with Crippen LogP contribution in [0, 0.1) is 19.7 Å². The van der Waals surface area contributed by atoms with Crippen molar-refractivity contribution >= 4 is 21.8 Å². The molecule has 0 aliphatic rings. The van der Waals surface area contributed by atoms with Gasteiger partial charge in [0.2, 0.25) is 0 Å². The second-order valence-corrected chi connectivity index (χ2v) is 6.22. The van der Waals surface area contributed by atoms with Crippen LogP contribution in [-0.4, -0.2) is 29.4 Å². The summed E-state index contributed by atoms with van der Waals surface area (Å²) >= 11 is 0. The molecule has 4 rings (SSSR count). The number of halogens is 1. The normalized spacial score (nSPS) is 11.3. The maximum atomic E-state index is 13.7. The molecule has 0 saturated heterocycles. The fraction of sp³-hybridized carbons (Fsp3) is 0.200. The van der Waals surface area contributed by atoms with Gasteiger partial charge in [0.1, 0.15) is 5.82 Å². The summed E-state index contributed by atoms with van der Waals surface area (Å²) in [6.45, 7) is 3.69. The Bertz CT molecular complexity index is 1150. The van der Waals surface area contributed by atoms with Crippen molar-refractivity contribution in [3.05, 3.63) is 47.4 Å². The number of rotatable bonds is 3. The number of benzene rings is 2. The molecule has 132 valence electrons. The van der Waals surface area contributed by atoms with Gasteiger partial charge >= 0.3 is 0 Å². The van der Waals surface area contributed by atoms with Crippen molar-refractivity contribution in [1.82, 2.24) is 15.2 Å². The van der Waals surface area contributed by atoms with Crippen LogP contribution >= 0.6 is 0 Å². The van der Waals surface area contributed by atoms with Gasteiger partial charge in [-0.05, 0) is 49.7 Å². The summed E-state index contributed by atoms with van der Waals surface area (Å²) in [7, 11) is 3.20. The van der Waals surface area contributed by atoms with Gasteiger partial charge in [-0.15, -0.1) is 0 Å². The minimum absolute atomic E-state index is 0.242. The van der Waals surface area contributed by atoms with Crippen LogP contribution in [0.15, 0.2) is 30.3 Å². The fourth-order valence-electron chi connectivity index (χ4n) is 3.28. The molecular formula is C20H18FN3O2. The molecule has 0 fully saturated rings. The van der Waals surface area contributed by atoms with Crippen LogP contribution in [0.1, 0.15) is 11.3 Å². The zero-order valence-electron chi connectivity index (χ0n) is 15.0. The van der Waals surface area contributed by atoms with E-state index in [-0.39, 0.29) is 5.82 Å². The number of ether oxygens (including phenoxy) is 2. The van der Waals surface area contributed by atoms with Crippen molar-refractivity contribution in [2.24, 2.45) is 0 Å². The molecule has 0 unspecified atom stereocenters. The highest BCUT2D eigenvalue weighted by Gasteiger charge is 2.18. The highest BCUT2D eigenvalue weighted by atomic mass is 19.1. The molecule has 6 heteroatoms. The van der Waals surface area contributed by atoms with E-state index in [4.69, 9.17) is 14.5 Å². The summed E-state index contributed by atoms with van der Waals surface area (Å²) in [6.07, 6.45) is 0. The number of aromatic nitrogens is 3. The van der Waals surface area contributed by atoms with E-state index in [0.29, 0.717) is 22.7 Å². The smallest absolute Gasteiger partial charge is 0.182 e. The Morgan fingerprint density at radius 3 is 2.31 bits per heavy atom. The Morgan fingerprint density at radius 2 is 1.65 bits per heavy atom. The van der Waals surface area contributed by atoms with Crippen LogP contribution in [0.3, 0.4) is 0 Å². The maximum Gasteiger partial charge on any atom is 0.182 e. The van der Waals surface area contributed by atoms with E-state index in [9.17, 15) is 4.39 Å². The van der Waals surface area contributed by atoms with Crippen LogP contribution in [0.25, 0.3) is 33.1 Å². The summed E-state index contributed by atoms with van der Waals surface area (Å²) in [5.74, 6) is 1.01. The summed E-state index contributed by atoms with van der Waals surface area (Å²) in [6, 6.07) is 8.81. The van der Waals surface area contributed by atoms with Gasteiger partial charge in [-0.1, -0.05) is 0 Å². The van der Waals surface area contributed by atoms with Crippen LogP contribution in [0.4, 0.5) is 4.39 Å². The molecule has 1 N–H and O–H groups in total. The van der Waals surface area contributed by atoms with Gasteiger partial charge in [0, 0.05) is 27.4 Å². The highest BCUT2D eigenvalue weighted by Crippen LogP contribution is 2.40. The minimum Gasteiger partial charge on any atom is -0.493 e. The van der Waals surface area contributed by atoms with Crippen molar-refractivity contribution in [1.29, 1.82) is 0 Å². The van der Waals surface area contributed by atoms with Crippen LogP contribution in [0.2, 0.25) is 0 Å². The third-order valence-electron chi connectivity index (χ3n) is 4.63. The zero-order valence-corrected chi connectivity index (χ0v) is 15.0. The molecule has 0 amide bonds. The fourth-order valence-corrected chi connectivity index (χ4v) is 3.28. The molecule has 0 saturated carbocycles. The van der Waals surface area contributed by atoms with E-state index in [2.05, 4.69) is 10.2 Å². The molecule has 0 bridgehead atoms. The van der Waals surface area contributed by atoms with Crippen molar-refractivity contribution < 1.29 is 13.9 Å². The molecular weight excluding hydrogens is 333 g/mol. The number of methoxy groups -OCH3 is 2. The second-order valence-electron chi connectivity index (χ2n) is 6.22. The van der Waals surface area contributed by atoms with E-state index < -0.39 is 0 Å². The molecule has 26 heavy (non-hydrogen) atoms. The van der Waals surface area contributed by atoms with Crippen LogP contribution in [-0.2, 0) is 0 Å². The summed E-state index contributed by atoms with van der Waals surface area (Å²) < 4.78 is 24.7. The molecule has 0 spiro atoms. The van der Waals surface area contributed by atoms with Crippen molar-refractivity contribution in [2.75, 3.05) is 14.2 Å². The molecule has 4 aromatic rings. The zero-order chi connectivity index (χ0) is 18.4. The van der Waals surface area contributed by atoms with E-state index in [1.165, 1.54) is 6.07 Å². The first-order valence-electron chi connectivity index (χ1n) is 8.20. The number of aromatic amines is 1. The van der Waals surface area contributed by atoms with Gasteiger partial charge in [-0.2, -0.15) is 5.10 Å². The lowest BCUT2D eigenvalue weighted by atomic mass is 9.99. The highest BCUT2D eigenvalue weighted by molar-refractivity contribution is 6.12. The molecule has 2 aromatic heterocycles. The van der Waals surface area contributed by atoms with Crippen molar-refractivity contribution in [2.45, 2.75) is 13.8 Å². The van der Waals surface area contributed by atoms with Gasteiger partial charge in [0.15, 0.2) is 17.1 Å². The first-order valence-corrected chi connectivity index (χ1v) is 8.20. The largest absolute Gasteiger partial charge is 0.493 e. The van der Waals surface area contributed by atoms with Gasteiger partial charge in [0.05, 0.1) is 19.9 Å². The Labute approximate surface area is 149 Å². The third kappa shape index (κ3) is 2.37. The summed E-state index contributed by atoms with van der Waals surface area (Å²) in [4.78, 5) is 4.73. The first kappa shape index (κ1) is 16.3. The molecule has 0 aliphatic carbocycles. The lowest BCUT2D eigenvalue weighted by Gasteiger charge is -2.13. The lowest BCUT2D eigenvalue weighted by molar-refractivity contribution is 0.356. The van der Waals surface area contributed by atoms with Crippen LogP contribution < -0.4 is 9.47 Å². The monoisotopic (exact) mass is 351 g/mol. The van der Waals surface area contributed by atoms with E-state index in [0.717, 1.165) is 33.1 Å². The molecule has 0 radical (unpaired) electrons. The molecule has 2 aromatic carbocycles. The Kier molecular flexibility index (Phi) is 3.76. The quantitative estimate of drug-likeness (QED) is 0.588. The van der Waals surface area contributed by atoms with Gasteiger partial charge in [-0.3, -0.25) is 5.10 Å². The number of pyridine rings is 1. The predicted octanol–water partition coefficient (Wildman–Crippen LogP) is 4.55. The maximum absolute atomic E-state index is 13.7. The number of aryl methyl sites for hydroxylation is 2. The third-order valence-corrected chi connectivity index (χ3v) is 4.63. The van der Waals surface area contributed by atoms with Crippen molar-refractivity contribution in [3.8, 4) is 22.8 Å². The molecule has 0 aliphatic heterocycles. The Hall–Kier alpha value is -3.15. The van der Waals surface area contributed by atoms with E-state index in [1.54, 1.807) is 33.3 Å². The van der Waals surface area contributed by atoms with Gasteiger partial charge in [0.25, 0.3) is 0 Å². The van der Waals surface area contributed by atoms with E-state index >= 15 is 0 Å². The standard InChI is InChI=1S/C20H18FN3O2/c1-10-7-12(5-6-15(10)21)19-14-9-17(26-4)16(25-3)8-13(14)18-11(2)23-24-20(18)22-19/h5-9H,1-4H3,(H,22,23,24). The lowest BCUT2D eigenvalue weighted by Crippen LogP contribution is -1.95. The average molecular weight is 351 g/mol. The number of hydrogen-bond acceptors (Lipinski definition) is 4. The number of fused-ring (bicyclic) bond motifs is 3. The number of nitrogens with zero attached hydrogens (tertiary/aromatic N) is 2. The summed E-state index contributed by atoms with van der Waals surface area (Å²) in [5.41, 5.74) is 3.65. The average Bonchev–Trinajstić information content (AvgIpc) is 3.03. The van der Waals surface area contributed by atoms with Crippen molar-refractivity contribution in [3.63, 3.8) is 0 Å². The summed E-state index contributed by atoms with van der Waals surface area (Å²) in [5, 5.41) is 10.1. The predicted molar refractivity (Wildman–Crippen MR) is 99.4 cm³/mol. The Balaban J connectivity index is 2.15. The van der Waals surface area contributed by atoms with Crippen LogP contribution in [0.5, 0.6) is 11.5 Å². The SMILES string of the molecule is COc1cc2c(-c3ccc(F)c(C)c3)nc3n[nH]c(C)c3c2cc1OC. The topological polar surface area (TPSA) is 60.0 Å². The Morgan fingerprint density at radius 1 is 0.962 bits per heavy atom. The molecule has 0 atom stereocenters. The van der Waals surface area contributed by atoms with Gasteiger partial charge < -0.3 is 9.47 Å². The van der Waals surface area contributed by atoms with E-state index in [1.807, 2.05) is 19.1 Å². The number of nitrogens with one attached hydrogen (secondary N) is 1. The first-order chi connectivity index (χ1) is 12.5. The molecule has 2 heterocycles. The number of H-pyrrole nitrogens is 1.